The molecular formula is C27H24Cl2N4O4. The molecule has 3 aromatic carbocycles. The first-order valence-electron chi connectivity index (χ1n) is 11.6. The molecule has 0 saturated heterocycles. The number of hydrogen-bond acceptors (Lipinski definition) is 6. The van der Waals surface area contributed by atoms with E-state index < -0.39 is 10.8 Å². The third-order valence-corrected chi connectivity index (χ3v) is 6.61. The highest BCUT2D eigenvalue weighted by atomic mass is 35.5. The van der Waals surface area contributed by atoms with Crippen LogP contribution in [0.15, 0.2) is 60.7 Å². The van der Waals surface area contributed by atoms with Gasteiger partial charge >= 0.3 is 0 Å². The number of fused-ring (bicyclic) bond motifs is 2. The molecule has 1 heterocycles. The number of nitro benzene ring substituents is 1. The molecule has 1 aliphatic rings. The number of aromatic nitrogens is 1. The van der Waals surface area contributed by atoms with Gasteiger partial charge in [0, 0.05) is 28.4 Å². The number of benzene rings is 3. The largest absolute Gasteiger partial charge is 0.495 e. The quantitative estimate of drug-likeness (QED) is 0.200. The van der Waals surface area contributed by atoms with E-state index in [-0.39, 0.29) is 28.7 Å². The number of rotatable bonds is 6. The summed E-state index contributed by atoms with van der Waals surface area (Å²) in [6, 6.07) is 17.2. The number of methoxy groups -OCH3 is 1. The number of nitrogens with zero attached hydrogens (tertiary/aromatic N) is 2. The van der Waals surface area contributed by atoms with Crippen molar-refractivity contribution in [1.29, 1.82) is 0 Å². The van der Waals surface area contributed by atoms with E-state index in [1.807, 2.05) is 36.4 Å². The average Bonchev–Trinajstić information content (AvgIpc) is 2.89. The van der Waals surface area contributed by atoms with E-state index >= 15 is 0 Å². The molecule has 8 nitrogen and oxygen atoms in total. The SMILES string of the molecule is COc1ccccc1Nc1c2c(nc3ccc(NC(=O)c4ccc(Cl)c([N+](=O)[O-])c4)cc13)CCCC2.Cl. The maximum Gasteiger partial charge on any atom is 0.288 e. The lowest BCUT2D eigenvalue weighted by molar-refractivity contribution is -0.384. The van der Waals surface area contributed by atoms with Crippen LogP contribution in [-0.2, 0) is 12.8 Å². The minimum absolute atomic E-state index is 0. The van der Waals surface area contributed by atoms with Gasteiger partial charge in [-0.3, -0.25) is 19.9 Å². The van der Waals surface area contributed by atoms with E-state index in [0.717, 1.165) is 65.0 Å². The summed E-state index contributed by atoms with van der Waals surface area (Å²) < 4.78 is 5.54. The first-order chi connectivity index (χ1) is 17.4. The summed E-state index contributed by atoms with van der Waals surface area (Å²) in [6.45, 7) is 0. The number of ether oxygens (including phenoxy) is 1. The highest BCUT2D eigenvalue weighted by Crippen LogP contribution is 2.38. The predicted molar refractivity (Wildman–Crippen MR) is 148 cm³/mol. The first kappa shape index (κ1) is 26.2. The Morgan fingerprint density at radius 1 is 1.08 bits per heavy atom. The van der Waals surface area contributed by atoms with Crippen LogP contribution in [0.2, 0.25) is 5.02 Å². The first-order valence-corrected chi connectivity index (χ1v) is 11.9. The third-order valence-electron chi connectivity index (χ3n) is 6.29. The molecule has 0 bridgehead atoms. The van der Waals surface area contributed by atoms with Crippen LogP contribution in [0.3, 0.4) is 0 Å². The predicted octanol–water partition coefficient (Wildman–Crippen LogP) is 7.10. The zero-order valence-electron chi connectivity index (χ0n) is 19.9. The number of pyridine rings is 1. The minimum atomic E-state index is -0.611. The van der Waals surface area contributed by atoms with Crippen molar-refractivity contribution in [2.24, 2.45) is 0 Å². The molecular weight excluding hydrogens is 515 g/mol. The normalized spacial score (nSPS) is 12.3. The summed E-state index contributed by atoms with van der Waals surface area (Å²) in [5.41, 5.74) is 5.21. The number of nitrogens with one attached hydrogen (secondary N) is 2. The number of halogens is 2. The van der Waals surface area contributed by atoms with Crippen molar-refractivity contribution in [3.05, 3.63) is 92.6 Å². The van der Waals surface area contributed by atoms with Crippen LogP contribution in [0.5, 0.6) is 5.75 Å². The van der Waals surface area contributed by atoms with Crippen molar-refractivity contribution < 1.29 is 14.5 Å². The molecule has 190 valence electrons. The summed E-state index contributed by atoms with van der Waals surface area (Å²) in [7, 11) is 1.63. The maximum atomic E-state index is 12.9. The van der Waals surface area contributed by atoms with E-state index in [1.165, 1.54) is 18.2 Å². The lowest BCUT2D eigenvalue weighted by Gasteiger charge is -2.23. The van der Waals surface area contributed by atoms with E-state index in [0.29, 0.717) is 5.69 Å². The Morgan fingerprint density at radius 2 is 1.86 bits per heavy atom. The Balaban J connectivity index is 0.00000320. The Morgan fingerprint density at radius 3 is 2.65 bits per heavy atom. The molecule has 1 aromatic heterocycles. The number of hydrogen-bond donors (Lipinski definition) is 2. The highest BCUT2D eigenvalue weighted by molar-refractivity contribution is 6.32. The molecule has 0 radical (unpaired) electrons. The summed E-state index contributed by atoms with van der Waals surface area (Å²) in [4.78, 5) is 28.4. The summed E-state index contributed by atoms with van der Waals surface area (Å²) in [5.74, 6) is 0.250. The van der Waals surface area contributed by atoms with Crippen LogP contribution in [-0.4, -0.2) is 22.9 Å². The van der Waals surface area contributed by atoms with Crippen LogP contribution in [0, 0.1) is 10.1 Å². The fraction of sp³-hybridized carbons (Fsp3) is 0.185. The Kier molecular flexibility index (Phi) is 7.80. The van der Waals surface area contributed by atoms with E-state index in [9.17, 15) is 14.9 Å². The van der Waals surface area contributed by atoms with Gasteiger partial charge in [0.15, 0.2) is 0 Å². The van der Waals surface area contributed by atoms with Crippen LogP contribution in [0.25, 0.3) is 10.9 Å². The zero-order valence-corrected chi connectivity index (χ0v) is 21.5. The molecule has 2 N–H and O–H groups in total. The molecule has 0 fully saturated rings. The molecule has 10 heteroatoms. The van der Waals surface area contributed by atoms with Gasteiger partial charge < -0.3 is 15.4 Å². The molecule has 0 saturated carbocycles. The summed E-state index contributed by atoms with van der Waals surface area (Å²) in [6.07, 6.45) is 3.99. The lowest BCUT2D eigenvalue weighted by Crippen LogP contribution is -2.13. The zero-order chi connectivity index (χ0) is 25.2. The van der Waals surface area contributed by atoms with Gasteiger partial charge in [0.05, 0.1) is 28.9 Å². The van der Waals surface area contributed by atoms with Crippen LogP contribution in [0.4, 0.5) is 22.7 Å². The van der Waals surface area contributed by atoms with Gasteiger partial charge in [-0.1, -0.05) is 23.7 Å². The van der Waals surface area contributed by atoms with E-state index in [1.54, 1.807) is 13.2 Å². The molecule has 0 spiro atoms. The fourth-order valence-corrected chi connectivity index (χ4v) is 4.71. The van der Waals surface area contributed by atoms with Gasteiger partial charge in [-0.05, 0) is 73.7 Å². The van der Waals surface area contributed by atoms with Gasteiger partial charge in [0.1, 0.15) is 10.8 Å². The molecule has 1 aliphatic carbocycles. The minimum Gasteiger partial charge on any atom is -0.495 e. The number of aryl methyl sites for hydroxylation is 1. The lowest BCUT2D eigenvalue weighted by atomic mass is 9.92. The van der Waals surface area contributed by atoms with E-state index in [2.05, 4.69) is 10.6 Å². The summed E-state index contributed by atoms with van der Waals surface area (Å²) in [5, 5.41) is 18.5. The second kappa shape index (κ2) is 11.0. The van der Waals surface area contributed by atoms with Gasteiger partial charge in [0.25, 0.3) is 11.6 Å². The average molecular weight is 539 g/mol. The van der Waals surface area contributed by atoms with Gasteiger partial charge in [0.2, 0.25) is 0 Å². The number of carbonyl (C=O) groups is 1. The van der Waals surface area contributed by atoms with Crippen molar-refractivity contribution in [2.45, 2.75) is 25.7 Å². The van der Waals surface area contributed by atoms with Crippen LogP contribution < -0.4 is 15.4 Å². The van der Waals surface area contributed by atoms with Crippen molar-refractivity contribution in [3.8, 4) is 5.75 Å². The standard InChI is InChI=1S/C27H23ClN4O4.ClH/c1-36-25-9-5-4-8-23(25)31-26-18-6-2-3-7-21(18)30-22-13-11-17(15-19(22)26)29-27(33)16-10-12-20(28)24(14-16)32(34)35;/h4-5,8-15H,2-3,6-7H2,1H3,(H,29,33)(H,30,31);1H. The van der Waals surface area contributed by atoms with Crippen molar-refractivity contribution in [1.82, 2.24) is 4.98 Å². The van der Waals surface area contributed by atoms with Gasteiger partial charge in [-0.25, -0.2) is 0 Å². The van der Waals surface area contributed by atoms with Gasteiger partial charge in [-0.15, -0.1) is 12.4 Å². The maximum absolute atomic E-state index is 12.9. The Labute approximate surface area is 224 Å². The molecule has 1 amide bonds. The van der Waals surface area contributed by atoms with Crippen molar-refractivity contribution in [2.75, 3.05) is 17.7 Å². The Hall–Kier alpha value is -3.88. The second-order valence-corrected chi connectivity index (χ2v) is 8.96. The highest BCUT2D eigenvalue weighted by Gasteiger charge is 2.21. The summed E-state index contributed by atoms with van der Waals surface area (Å²) >= 11 is 5.89. The van der Waals surface area contributed by atoms with Crippen LogP contribution >= 0.6 is 24.0 Å². The molecule has 0 unspecified atom stereocenters. The second-order valence-electron chi connectivity index (χ2n) is 8.55. The van der Waals surface area contributed by atoms with Crippen molar-refractivity contribution >= 4 is 63.6 Å². The molecule has 0 atom stereocenters. The van der Waals surface area contributed by atoms with Gasteiger partial charge in [-0.2, -0.15) is 0 Å². The van der Waals surface area contributed by atoms with E-state index in [4.69, 9.17) is 21.3 Å². The number of carbonyl (C=O) groups excluding carboxylic acids is 1. The number of amides is 1. The molecule has 37 heavy (non-hydrogen) atoms. The number of para-hydroxylation sites is 2. The topological polar surface area (TPSA) is 106 Å². The van der Waals surface area contributed by atoms with Crippen molar-refractivity contribution in [3.63, 3.8) is 0 Å². The smallest absolute Gasteiger partial charge is 0.288 e. The third kappa shape index (κ3) is 5.30. The molecule has 5 rings (SSSR count). The molecule has 4 aromatic rings. The Bertz CT molecular complexity index is 1510. The number of anilines is 3. The number of nitro groups is 1. The molecule has 0 aliphatic heterocycles. The fourth-order valence-electron chi connectivity index (χ4n) is 4.52. The monoisotopic (exact) mass is 538 g/mol. The van der Waals surface area contributed by atoms with Crippen LogP contribution in [0.1, 0.15) is 34.5 Å².